The van der Waals surface area contributed by atoms with E-state index in [-0.39, 0.29) is 5.56 Å². The molecule has 1 fully saturated rings. The van der Waals surface area contributed by atoms with Crippen LogP contribution in [0.15, 0.2) is 23.0 Å². The number of pyridine rings is 1. The molecule has 0 spiro atoms. The molecule has 1 aliphatic heterocycles. The lowest BCUT2D eigenvalue weighted by Crippen LogP contribution is -2.39. The summed E-state index contributed by atoms with van der Waals surface area (Å²) in [4.78, 5) is 14.5. The minimum absolute atomic E-state index is 0.00270. The number of hydrogen-bond acceptors (Lipinski definition) is 3. The topological polar surface area (TPSA) is 53.4 Å². The minimum Gasteiger partial charge on any atom is -0.300 e. The molecule has 5 nitrogen and oxygen atoms in total. The summed E-state index contributed by atoms with van der Waals surface area (Å²) in [6, 6.07) is 5.79. The molecule has 0 aliphatic carbocycles. The van der Waals surface area contributed by atoms with E-state index in [4.69, 9.17) is 0 Å². The van der Waals surface area contributed by atoms with E-state index in [0.717, 1.165) is 31.0 Å². The number of aromatic amines is 1. The van der Waals surface area contributed by atoms with E-state index in [1.165, 1.54) is 6.42 Å². The first-order valence-corrected chi connectivity index (χ1v) is 6.97. The number of nitrogens with one attached hydrogen (secondary N) is 1. The maximum absolute atomic E-state index is 12.0. The summed E-state index contributed by atoms with van der Waals surface area (Å²) in [6.45, 7) is 6.57. The maximum Gasteiger partial charge on any atom is 0.257 e. The molecule has 3 rings (SSSR count). The normalized spacial score (nSPS) is 21.3. The number of nitrogens with zero attached hydrogens (tertiary/aromatic N) is 3. The minimum atomic E-state index is 0.00270. The first-order valence-electron chi connectivity index (χ1n) is 6.97. The van der Waals surface area contributed by atoms with Crippen molar-refractivity contribution < 1.29 is 0 Å². The highest BCUT2D eigenvalue weighted by Crippen LogP contribution is 2.26. The molecule has 1 unspecified atom stereocenters. The van der Waals surface area contributed by atoms with Crippen LogP contribution in [0, 0.1) is 0 Å². The fourth-order valence-electron chi connectivity index (χ4n) is 2.94. The Labute approximate surface area is 112 Å². The third-order valence-corrected chi connectivity index (χ3v) is 4.02. The highest BCUT2D eigenvalue weighted by atomic mass is 16.1. The zero-order valence-corrected chi connectivity index (χ0v) is 11.5. The Morgan fingerprint density at radius 3 is 3.05 bits per heavy atom. The van der Waals surface area contributed by atoms with Crippen LogP contribution in [0.4, 0.5) is 0 Å². The van der Waals surface area contributed by atoms with Crippen molar-refractivity contribution in [2.24, 2.45) is 0 Å². The molecule has 0 radical (unpaired) electrons. The summed E-state index contributed by atoms with van der Waals surface area (Å²) in [5, 5.41) is 7.35. The van der Waals surface area contributed by atoms with Crippen LogP contribution in [-0.2, 0) is 0 Å². The third kappa shape index (κ3) is 2.18. The van der Waals surface area contributed by atoms with Crippen LogP contribution in [0.2, 0.25) is 0 Å². The molecule has 102 valence electrons. The summed E-state index contributed by atoms with van der Waals surface area (Å²) in [6.07, 6.45) is 2.27. The average Bonchev–Trinajstić information content (AvgIpc) is 2.84. The molecule has 0 aromatic carbocycles. The average molecular weight is 260 g/mol. The predicted octanol–water partition coefficient (Wildman–Crippen LogP) is 1.61. The van der Waals surface area contributed by atoms with Gasteiger partial charge in [-0.2, -0.15) is 5.10 Å². The van der Waals surface area contributed by atoms with Crippen LogP contribution in [0.1, 0.15) is 38.4 Å². The van der Waals surface area contributed by atoms with E-state index in [0.29, 0.717) is 12.0 Å². The van der Waals surface area contributed by atoms with Gasteiger partial charge in [0.15, 0.2) is 0 Å². The molecule has 1 aliphatic rings. The first kappa shape index (κ1) is 12.4. The zero-order chi connectivity index (χ0) is 13.4. The van der Waals surface area contributed by atoms with Crippen molar-refractivity contribution in [2.75, 3.05) is 13.1 Å². The van der Waals surface area contributed by atoms with Gasteiger partial charge in [0.05, 0.1) is 0 Å². The summed E-state index contributed by atoms with van der Waals surface area (Å²) >= 11 is 0. The van der Waals surface area contributed by atoms with Gasteiger partial charge in [-0.15, -0.1) is 0 Å². The summed E-state index contributed by atoms with van der Waals surface area (Å²) in [5.41, 5.74) is 0.784. The Hall–Kier alpha value is -1.62. The first-order chi connectivity index (χ1) is 9.16. The quantitative estimate of drug-likeness (QED) is 0.892. The van der Waals surface area contributed by atoms with Gasteiger partial charge in [-0.05, 0) is 39.3 Å². The molecule has 5 heteroatoms. The van der Waals surface area contributed by atoms with Crippen molar-refractivity contribution in [1.29, 1.82) is 0 Å². The fraction of sp³-hybridized carbons (Fsp3) is 0.571. The van der Waals surface area contributed by atoms with Gasteiger partial charge in [-0.3, -0.25) is 9.89 Å². The zero-order valence-electron chi connectivity index (χ0n) is 11.5. The number of H-pyrrole nitrogens is 1. The van der Waals surface area contributed by atoms with E-state index in [1.54, 1.807) is 16.5 Å². The van der Waals surface area contributed by atoms with Crippen molar-refractivity contribution in [3.8, 4) is 0 Å². The van der Waals surface area contributed by atoms with Gasteiger partial charge in [0.2, 0.25) is 0 Å². The Morgan fingerprint density at radius 2 is 2.26 bits per heavy atom. The number of likely N-dealkylation sites (tertiary alicyclic amines) is 1. The summed E-state index contributed by atoms with van der Waals surface area (Å²) < 4.78 is 1.72. The van der Waals surface area contributed by atoms with Gasteiger partial charge in [0.1, 0.15) is 11.5 Å². The van der Waals surface area contributed by atoms with Crippen molar-refractivity contribution in [3.05, 3.63) is 34.4 Å². The number of aromatic nitrogens is 3. The predicted molar refractivity (Wildman–Crippen MR) is 74.5 cm³/mol. The number of piperidine rings is 1. The molecular formula is C14H20N4O. The second-order valence-corrected chi connectivity index (χ2v) is 5.59. The van der Waals surface area contributed by atoms with Crippen molar-refractivity contribution in [2.45, 2.75) is 38.6 Å². The SMILES string of the molecule is CC(C)N1CCCC(c2n[nH]c3cccc(=O)n23)C1. The Bertz CT molecular complexity index is 628. The van der Waals surface area contributed by atoms with E-state index < -0.39 is 0 Å². The molecule has 2 aromatic heterocycles. The lowest BCUT2D eigenvalue weighted by Gasteiger charge is -2.34. The molecular weight excluding hydrogens is 240 g/mol. The molecule has 1 saturated heterocycles. The van der Waals surface area contributed by atoms with Gasteiger partial charge in [0, 0.05) is 24.6 Å². The van der Waals surface area contributed by atoms with Crippen LogP contribution in [-0.4, -0.2) is 38.6 Å². The number of rotatable bonds is 2. The second kappa shape index (κ2) is 4.81. The van der Waals surface area contributed by atoms with Gasteiger partial charge in [-0.1, -0.05) is 6.07 Å². The van der Waals surface area contributed by atoms with Crippen molar-refractivity contribution >= 4 is 5.65 Å². The molecule has 0 amide bonds. The van der Waals surface area contributed by atoms with E-state index >= 15 is 0 Å². The summed E-state index contributed by atoms with van der Waals surface area (Å²) in [7, 11) is 0. The van der Waals surface area contributed by atoms with E-state index in [2.05, 4.69) is 28.9 Å². The largest absolute Gasteiger partial charge is 0.300 e. The lowest BCUT2D eigenvalue weighted by molar-refractivity contribution is 0.164. The van der Waals surface area contributed by atoms with Gasteiger partial charge in [0.25, 0.3) is 5.56 Å². The standard InChI is InChI=1S/C14H20N4O/c1-10(2)17-8-4-5-11(9-17)14-16-15-12-6-3-7-13(19)18(12)14/h3,6-7,10-11,15H,4-5,8-9H2,1-2H3. The molecule has 0 bridgehead atoms. The molecule has 0 saturated carbocycles. The van der Waals surface area contributed by atoms with Crippen LogP contribution in [0.25, 0.3) is 5.65 Å². The van der Waals surface area contributed by atoms with E-state index in [9.17, 15) is 4.79 Å². The van der Waals surface area contributed by atoms with Crippen LogP contribution < -0.4 is 5.56 Å². The van der Waals surface area contributed by atoms with Gasteiger partial charge >= 0.3 is 0 Å². The Kier molecular flexibility index (Phi) is 3.14. The van der Waals surface area contributed by atoms with Gasteiger partial charge < -0.3 is 4.90 Å². The molecule has 3 heterocycles. The van der Waals surface area contributed by atoms with Crippen molar-refractivity contribution in [1.82, 2.24) is 19.5 Å². The molecule has 19 heavy (non-hydrogen) atoms. The van der Waals surface area contributed by atoms with Gasteiger partial charge in [-0.25, -0.2) is 4.40 Å². The number of fused-ring (bicyclic) bond motifs is 1. The number of hydrogen-bond donors (Lipinski definition) is 1. The molecule has 1 N–H and O–H groups in total. The lowest BCUT2D eigenvalue weighted by atomic mass is 9.96. The maximum atomic E-state index is 12.0. The Morgan fingerprint density at radius 1 is 1.42 bits per heavy atom. The molecule has 1 atom stereocenters. The van der Waals surface area contributed by atoms with Crippen LogP contribution in [0.5, 0.6) is 0 Å². The van der Waals surface area contributed by atoms with E-state index in [1.807, 2.05) is 6.07 Å². The van der Waals surface area contributed by atoms with Crippen molar-refractivity contribution in [3.63, 3.8) is 0 Å². The highest BCUT2D eigenvalue weighted by molar-refractivity contribution is 5.37. The third-order valence-electron chi connectivity index (χ3n) is 4.02. The monoisotopic (exact) mass is 260 g/mol. The smallest absolute Gasteiger partial charge is 0.257 e. The van der Waals surface area contributed by atoms with Crippen LogP contribution >= 0.6 is 0 Å². The Balaban J connectivity index is 1.98. The fourth-order valence-corrected chi connectivity index (χ4v) is 2.94. The highest BCUT2D eigenvalue weighted by Gasteiger charge is 2.26. The second-order valence-electron chi connectivity index (χ2n) is 5.59. The summed E-state index contributed by atoms with van der Waals surface area (Å²) in [5.74, 6) is 1.22. The molecule has 2 aromatic rings. The van der Waals surface area contributed by atoms with Crippen LogP contribution in [0.3, 0.4) is 0 Å².